The first-order valence-corrected chi connectivity index (χ1v) is 12.1. The van der Waals surface area contributed by atoms with Crippen molar-refractivity contribution in [2.24, 2.45) is 0 Å². The molecule has 4 aromatic rings. The molecule has 1 amide bonds. The maximum absolute atomic E-state index is 12.8. The van der Waals surface area contributed by atoms with Crippen molar-refractivity contribution in [2.45, 2.75) is 6.42 Å². The summed E-state index contributed by atoms with van der Waals surface area (Å²) in [4.78, 5) is 28.9. The second kappa shape index (κ2) is 11.3. The number of nitrogens with one attached hydrogen (secondary N) is 2. The fraction of sp³-hybridized carbons (Fsp3) is 0.179. The van der Waals surface area contributed by atoms with Gasteiger partial charge in [-0.1, -0.05) is 42.5 Å². The maximum atomic E-state index is 12.8. The van der Waals surface area contributed by atoms with Crippen molar-refractivity contribution >= 4 is 58.1 Å². The molecule has 0 unspecified atom stereocenters. The van der Waals surface area contributed by atoms with Gasteiger partial charge in [-0.3, -0.25) is 9.69 Å². The molecular weight excluding hydrogens is 523 g/mol. The van der Waals surface area contributed by atoms with Crippen molar-refractivity contribution in [3.8, 4) is 17.0 Å². The van der Waals surface area contributed by atoms with E-state index in [4.69, 9.17) is 21.3 Å². The molecule has 3 heterocycles. The Morgan fingerprint density at radius 3 is 2.84 bits per heavy atom. The van der Waals surface area contributed by atoms with Crippen LogP contribution in [0.5, 0.6) is 5.75 Å². The van der Waals surface area contributed by atoms with Crippen LogP contribution in [0.2, 0.25) is 5.02 Å². The highest BCUT2D eigenvalue weighted by molar-refractivity contribution is 6.33. The molecule has 0 spiro atoms. The van der Waals surface area contributed by atoms with Crippen molar-refractivity contribution in [3.05, 3.63) is 83.8 Å². The first kappa shape index (κ1) is 27.2. The van der Waals surface area contributed by atoms with Gasteiger partial charge in [0.1, 0.15) is 5.75 Å². The van der Waals surface area contributed by atoms with Gasteiger partial charge in [0.05, 0.1) is 35.4 Å². The number of para-hydroxylation sites is 1. The summed E-state index contributed by atoms with van der Waals surface area (Å²) < 4.78 is 5.68. The second-order valence-electron chi connectivity index (χ2n) is 8.96. The van der Waals surface area contributed by atoms with Gasteiger partial charge in [0.15, 0.2) is 0 Å². The zero-order valence-electron chi connectivity index (χ0n) is 21.3. The number of nitrogens with zero attached hydrogens (tertiary/aromatic N) is 4. The third kappa shape index (κ3) is 5.11. The molecule has 1 aliphatic heterocycles. The van der Waals surface area contributed by atoms with Gasteiger partial charge < -0.3 is 19.9 Å². The van der Waals surface area contributed by atoms with E-state index in [0.717, 1.165) is 33.4 Å². The summed E-state index contributed by atoms with van der Waals surface area (Å²) in [5.74, 6) is 0.779. The number of rotatable bonds is 7. The number of hydrogen-bond acceptors (Lipinski definition) is 6. The molecular formula is C28H28Cl2N6O2. The lowest BCUT2D eigenvalue weighted by Crippen LogP contribution is -2.26. The third-order valence-electron chi connectivity index (χ3n) is 6.22. The molecule has 0 radical (unpaired) electrons. The predicted molar refractivity (Wildman–Crippen MR) is 156 cm³/mol. The van der Waals surface area contributed by atoms with Gasteiger partial charge in [-0.05, 0) is 43.9 Å². The van der Waals surface area contributed by atoms with Crippen LogP contribution >= 0.6 is 24.0 Å². The molecule has 0 bridgehead atoms. The smallest absolute Gasteiger partial charge is 0.254 e. The molecule has 10 heteroatoms. The number of benzene rings is 2. The van der Waals surface area contributed by atoms with Crippen LogP contribution in [-0.2, 0) is 11.2 Å². The van der Waals surface area contributed by atoms with Gasteiger partial charge in [0.25, 0.3) is 5.91 Å². The first-order valence-electron chi connectivity index (χ1n) is 11.8. The molecule has 8 nitrogen and oxygen atoms in total. The van der Waals surface area contributed by atoms with Gasteiger partial charge in [-0.15, -0.1) is 12.4 Å². The number of aromatic amines is 1. The number of halogens is 2. The Balaban J connectivity index is 0.00000336. The number of carbonyl (C=O) groups is 1. The van der Waals surface area contributed by atoms with E-state index in [1.54, 1.807) is 18.2 Å². The SMILES string of the molecule is C=CC(=O)N1/C(=C/CN(C)C)Cc2cc(OC)c(Nc3ncc(Cl)c(-c4c[nH]c5ccccc45)n3)cc21.Cl. The highest BCUT2D eigenvalue weighted by atomic mass is 35.5. The fourth-order valence-corrected chi connectivity index (χ4v) is 4.66. The quantitative estimate of drug-likeness (QED) is 0.275. The summed E-state index contributed by atoms with van der Waals surface area (Å²) >= 11 is 6.51. The van der Waals surface area contributed by atoms with Gasteiger partial charge in [-0.25, -0.2) is 9.97 Å². The van der Waals surface area contributed by atoms with Crippen LogP contribution in [0.3, 0.4) is 0 Å². The number of carbonyl (C=O) groups excluding carboxylic acids is 1. The number of amides is 1. The molecule has 5 rings (SSSR count). The van der Waals surface area contributed by atoms with E-state index in [-0.39, 0.29) is 18.3 Å². The van der Waals surface area contributed by atoms with Crippen LogP contribution in [0.4, 0.5) is 17.3 Å². The highest BCUT2D eigenvalue weighted by Crippen LogP contribution is 2.42. The van der Waals surface area contributed by atoms with E-state index in [1.165, 1.54) is 6.08 Å². The highest BCUT2D eigenvalue weighted by Gasteiger charge is 2.30. The number of ether oxygens (including phenoxy) is 1. The van der Waals surface area contributed by atoms with Crippen LogP contribution in [-0.4, -0.2) is 53.5 Å². The Kier molecular flexibility index (Phi) is 8.06. The fourth-order valence-electron chi connectivity index (χ4n) is 4.46. The molecule has 0 saturated carbocycles. The van der Waals surface area contributed by atoms with Gasteiger partial charge in [-0.2, -0.15) is 0 Å². The van der Waals surface area contributed by atoms with Crippen molar-refractivity contribution in [3.63, 3.8) is 0 Å². The minimum atomic E-state index is -0.191. The molecule has 2 aromatic carbocycles. The van der Waals surface area contributed by atoms with Gasteiger partial charge in [0, 0.05) is 41.3 Å². The van der Waals surface area contributed by atoms with Crippen LogP contribution in [0, 0.1) is 0 Å². The summed E-state index contributed by atoms with van der Waals surface area (Å²) in [5, 5.41) is 4.72. The topological polar surface area (TPSA) is 86.4 Å². The maximum Gasteiger partial charge on any atom is 0.254 e. The Hall–Kier alpha value is -3.85. The predicted octanol–water partition coefficient (Wildman–Crippen LogP) is 5.97. The van der Waals surface area contributed by atoms with E-state index < -0.39 is 0 Å². The monoisotopic (exact) mass is 550 g/mol. The van der Waals surface area contributed by atoms with Crippen LogP contribution in [0.15, 0.2) is 73.2 Å². The molecule has 0 fully saturated rings. The molecule has 0 aliphatic carbocycles. The summed E-state index contributed by atoms with van der Waals surface area (Å²) in [7, 11) is 5.58. The third-order valence-corrected chi connectivity index (χ3v) is 6.50. The van der Waals surface area contributed by atoms with Crippen LogP contribution in [0.25, 0.3) is 22.2 Å². The number of fused-ring (bicyclic) bond motifs is 2. The molecule has 1 aliphatic rings. The van der Waals surface area contributed by atoms with Crippen molar-refractivity contribution in [1.82, 2.24) is 19.9 Å². The average molecular weight is 551 g/mol. The molecule has 0 saturated heterocycles. The number of anilines is 3. The number of H-pyrrole nitrogens is 1. The first-order chi connectivity index (χ1) is 17.9. The molecule has 38 heavy (non-hydrogen) atoms. The Morgan fingerprint density at radius 2 is 2.11 bits per heavy atom. The second-order valence-corrected chi connectivity index (χ2v) is 9.36. The van der Waals surface area contributed by atoms with Crippen LogP contribution < -0.4 is 15.0 Å². The lowest BCUT2D eigenvalue weighted by Gasteiger charge is -2.20. The van der Waals surface area contributed by atoms with Crippen LogP contribution in [0.1, 0.15) is 5.56 Å². The summed E-state index contributed by atoms with van der Waals surface area (Å²) in [6.07, 6.45) is 7.45. The van der Waals surface area contributed by atoms with E-state index in [2.05, 4.69) is 27.9 Å². The largest absolute Gasteiger partial charge is 0.495 e. The molecule has 0 atom stereocenters. The molecule has 196 valence electrons. The van der Waals surface area contributed by atoms with Crippen molar-refractivity contribution in [1.29, 1.82) is 0 Å². The molecule has 2 aromatic heterocycles. The zero-order valence-corrected chi connectivity index (χ0v) is 22.9. The van der Waals surface area contributed by atoms with E-state index in [1.807, 2.05) is 61.6 Å². The Bertz CT molecular complexity index is 1550. The summed E-state index contributed by atoms with van der Waals surface area (Å²) in [5.41, 5.74) is 5.76. The van der Waals surface area contributed by atoms with Gasteiger partial charge in [0.2, 0.25) is 5.95 Å². The lowest BCUT2D eigenvalue weighted by atomic mass is 10.1. The zero-order chi connectivity index (χ0) is 26.1. The van der Waals surface area contributed by atoms with Gasteiger partial charge >= 0.3 is 0 Å². The minimum Gasteiger partial charge on any atom is -0.495 e. The number of hydrogen-bond donors (Lipinski definition) is 2. The van der Waals surface area contributed by atoms with E-state index in [0.29, 0.717) is 41.1 Å². The standard InChI is InChI=1S/C28H27ClN6O2.ClH/c1-5-26(36)35-18(10-11-34(2)3)12-17-13-25(37-4)23(14-24(17)35)32-28-31-16-21(29)27(33-28)20-15-30-22-9-7-6-8-19(20)22;/h5-10,13-16,30H,1,11-12H2,2-4H3,(H,31,32,33);1H/b18-10+;. The van der Waals surface area contributed by atoms with Crippen molar-refractivity contribution < 1.29 is 9.53 Å². The minimum absolute atomic E-state index is 0. The van der Waals surface area contributed by atoms with Crippen molar-refractivity contribution in [2.75, 3.05) is 38.0 Å². The Morgan fingerprint density at radius 1 is 1.32 bits per heavy atom. The lowest BCUT2D eigenvalue weighted by molar-refractivity contribution is -0.113. The summed E-state index contributed by atoms with van der Waals surface area (Å²) in [6.45, 7) is 4.40. The van der Waals surface area contributed by atoms with E-state index >= 15 is 0 Å². The van der Waals surface area contributed by atoms with E-state index in [9.17, 15) is 4.79 Å². The normalized spacial score (nSPS) is 13.5. The number of allylic oxidation sites excluding steroid dienone is 1. The number of methoxy groups -OCH3 is 1. The molecule has 2 N–H and O–H groups in total. The number of likely N-dealkylation sites (N-methyl/N-ethyl adjacent to an activating group) is 1. The Labute approximate surface area is 232 Å². The number of aromatic nitrogens is 3. The summed E-state index contributed by atoms with van der Waals surface area (Å²) in [6, 6.07) is 11.8. The average Bonchev–Trinajstić information content (AvgIpc) is 3.48.